The van der Waals surface area contributed by atoms with E-state index in [1.165, 1.54) is 22.6 Å². The lowest BCUT2D eigenvalue weighted by Crippen LogP contribution is -2.33. The molecule has 2 nitrogen and oxygen atoms in total. The van der Waals surface area contributed by atoms with Gasteiger partial charge in [0.15, 0.2) is 0 Å². The van der Waals surface area contributed by atoms with Gasteiger partial charge in [-0.05, 0) is 38.3 Å². The molecule has 1 saturated carbocycles. The van der Waals surface area contributed by atoms with Crippen LogP contribution in [0.2, 0.25) is 0 Å². The Balaban J connectivity index is 1.92. The van der Waals surface area contributed by atoms with Crippen molar-refractivity contribution >= 4 is 11.3 Å². The summed E-state index contributed by atoms with van der Waals surface area (Å²) >= 11 is 1.87. The van der Waals surface area contributed by atoms with E-state index in [1.807, 2.05) is 18.3 Å². The molecule has 90 valence electrons. The van der Waals surface area contributed by atoms with Crippen molar-refractivity contribution in [2.45, 2.75) is 51.8 Å². The van der Waals surface area contributed by atoms with Crippen LogP contribution in [0.1, 0.15) is 35.9 Å². The van der Waals surface area contributed by atoms with Gasteiger partial charge in [-0.2, -0.15) is 0 Å². The van der Waals surface area contributed by atoms with E-state index in [9.17, 15) is 5.11 Å². The smallest absolute Gasteiger partial charge is 0.0664 e. The normalized spacial score (nSPS) is 18.0. The minimum atomic E-state index is -0.165. The summed E-state index contributed by atoms with van der Waals surface area (Å²) in [5.41, 5.74) is 0. The van der Waals surface area contributed by atoms with E-state index in [0.29, 0.717) is 0 Å². The molecule has 1 atom stereocenters. The van der Waals surface area contributed by atoms with Crippen LogP contribution in [0.3, 0.4) is 0 Å². The lowest BCUT2D eigenvalue weighted by Gasteiger charge is -2.23. The molecule has 1 unspecified atom stereocenters. The molecule has 0 bridgehead atoms. The Hall–Kier alpha value is -0.380. The van der Waals surface area contributed by atoms with E-state index >= 15 is 0 Å². The largest absolute Gasteiger partial charge is 0.392 e. The Kier molecular flexibility index (Phi) is 4.00. The summed E-state index contributed by atoms with van der Waals surface area (Å²) in [5.74, 6) is 0. The molecule has 1 aliphatic rings. The highest BCUT2D eigenvalue weighted by Gasteiger charge is 2.30. The molecule has 2 rings (SSSR count). The number of aliphatic hydroxyl groups is 1. The molecular weight excluding hydrogens is 218 g/mol. The molecule has 0 aliphatic heterocycles. The maximum Gasteiger partial charge on any atom is 0.0664 e. The van der Waals surface area contributed by atoms with E-state index in [4.69, 9.17) is 0 Å². The molecule has 0 aromatic carbocycles. The molecule has 0 spiro atoms. The average Bonchev–Trinajstić information content (AvgIpc) is 3.02. The Morgan fingerprint density at radius 2 is 2.25 bits per heavy atom. The summed E-state index contributed by atoms with van der Waals surface area (Å²) in [6.07, 6.45) is 3.30. The van der Waals surface area contributed by atoms with Gasteiger partial charge in [0.25, 0.3) is 0 Å². The Bertz CT molecular complexity index is 332. The van der Waals surface area contributed by atoms with Crippen molar-refractivity contribution in [1.82, 2.24) is 4.90 Å². The van der Waals surface area contributed by atoms with Gasteiger partial charge in [0.1, 0.15) is 0 Å². The van der Waals surface area contributed by atoms with Crippen molar-refractivity contribution in [1.29, 1.82) is 0 Å². The second kappa shape index (κ2) is 5.30. The fourth-order valence-corrected chi connectivity index (χ4v) is 2.87. The zero-order valence-electron chi connectivity index (χ0n) is 10.1. The molecule has 0 amide bonds. The van der Waals surface area contributed by atoms with Crippen LogP contribution in [0, 0.1) is 6.92 Å². The predicted octanol–water partition coefficient (Wildman–Crippen LogP) is 2.79. The first-order valence-electron chi connectivity index (χ1n) is 6.16. The first-order chi connectivity index (χ1) is 7.69. The minimum Gasteiger partial charge on any atom is -0.392 e. The first-order valence-corrected chi connectivity index (χ1v) is 6.98. The zero-order chi connectivity index (χ0) is 11.5. The van der Waals surface area contributed by atoms with Crippen LogP contribution in [0.25, 0.3) is 0 Å². The van der Waals surface area contributed by atoms with Crippen LogP contribution in [0.4, 0.5) is 0 Å². The second-order valence-electron chi connectivity index (χ2n) is 4.74. The summed E-state index contributed by atoms with van der Waals surface area (Å²) in [5, 5.41) is 9.75. The molecular formula is C13H21NOS. The van der Waals surface area contributed by atoms with Gasteiger partial charge in [-0.25, -0.2) is 0 Å². The van der Waals surface area contributed by atoms with Crippen molar-refractivity contribution in [3.63, 3.8) is 0 Å². The molecule has 0 radical (unpaired) electrons. The SMILES string of the molecule is CCC(O)CN(Cc1ccc(C)s1)C1CC1. The highest BCUT2D eigenvalue weighted by atomic mass is 32.1. The molecule has 1 N–H and O–H groups in total. The van der Waals surface area contributed by atoms with Crippen LogP contribution in [0.15, 0.2) is 12.1 Å². The summed E-state index contributed by atoms with van der Waals surface area (Å²) in [6, 6.07) is 5.12. The Morgan fingerprint density at radius 3 is 2.75 bits per heavy atom. The molecule has 16 heavy (non-hydrogen) atoms. The third-order valence-electron chi connectivity index (χ3n) is 3.13. The molecule has 3 heteroatoms. The van der Waals surface area contributed by atoms with Crippen LogP contribution >= 0.6 is 11.3 Å². The lowest BCUT2D eigenvalue weighted by molar-refractivity contribution is 0.102. The molecule has 0 saturated heterocycles. The van der Waals surface area contributed by atoms with Gasteiger partial charge in [0.05, 0.1) is 6.10 Å². The van der Waals surface area contributed by atoms with E-state index < -0.39 is 0 Å². The Morgan fingerprint density at radius 1 is 1.50 bits per heavy atom. The number of nitrogens with zero attached hydrogens (tertiary/aromatic N) is 1. The maximum atomic E-state index is 9.75. The van der Waals surface area contributed by atoms with Crippen molar-refractivity contribution in [2.75, 3.05) is 6.54 Å². The molecule has 1 aromatic heterocycles. The Labute approximate surface area is 102 Å². The lowest BCUT2D eigenvalue weighted by atomic mass is 10.2. The van der Waals surface area contributed by atoms with Crippen molar-refractivity contribution in [2.24, 2.45) is 0 Å². The van der Waals surface area contributed by atoms with Gasteiger partial charge in [-0.15, -0.1) is 11.3 Å². The van der Waals surface area contributed by atoms with Gasteiger partial charge in [-0.1, -0.05) is 6.92 Å². The number of hydrogen-bond acceptors (Lipinski definition) is 3. The molecule has 1 heterocycles. The van der Waals surface area contributed by atoms with E-state index in [1.54, 1.807) is 0 Å². The van der Waals surface area contributed by atoms with Crippen LogP contribution in [-0.2, 0) is 6.54 Å². The number of hydrogen-bond donors (Lipinski definition) is 1. The van der Waals surface area contributed by atoms with Gasteiger partial charge in [-0.3, -0.25) is 4.90 Å². The topological polar surface area (TPSA) is 23.5 Å². The van der Waals surface area contributed by atoms with Crippen LogP contribution in [-0.4, -0.2) is 28.7 Å². The van der Waals surface area contributed by atoms with Gasteiger partial charge < -0.3 is 5.11 Å². The van der Waals surface area contributed by atoms with Crippen LogP contribution < -0.4 is 0 Å². The van der Waals surface area contributed by atoms with Gasteiger partial charge in [0.2, 0.25) is 0 Å². The monoisotopic (exact) mass is 239 g/mol. The highest BCUT2D eigenvalue weighted by Crippen LogP contribution is 2.30. The first kappa shape index (κ1) is 12.1. The fraction of sp³-hybridized carbons (Fsp3) is 0.692. The average molecular weight is 239 g/mol. The van der Waals surface area contributed by atoms with Crippen LogP contribution in [0.5, 0.6) is 0 Å². The quantitative estimate of drug-likeness (QED) is 0.825. The summed E-state index contributed by atoms with van der Waals surface area (Å²) < 4.78 is 0. The van der Waals surface area contributed by atoms with Gasteiger partial charge >= 0.3 is 0 Å². The number of aryl methyl sites for hydroxylation is 1. The summed E-state index contributed by atoms with van der Waals surface area (Å²) in [4.78, 5) is 5.24. The number of aliphatic hydroxyl groups excluding tert-OH is 1. The fourth-order valence-electron chi connectivity index (χ4n) is 1.95. The number of rotatable bonds is 6. The van der Waals surface area contributed by atoms with Crippen molar-refractivity contribution < 1.29 is 5.11 Å². The van der Waals surface area contributed by atoms with E-state index in [-0.39, 0.29) is 6.10 Å². The van der Waals surface area contributed by atoms with Gasteiger partial charge in [0, 0.05) is 28.9 Å². The second-order valence-corrected chi connectivity index (χ2v) is 6.11. The summed E-state index contributed by atoms with van der Waals surface area (Å²) in [6.45, 7) is 6.04. The summed E-state index contributed by atoms with van der Waals surface area (Å²) in [7, 11) is 0. The maximum absolute atomic E-state index is 9.75. The molecule has 1 aromatic rings. The number of thiophene rings is 1. The van der Waals surface area contributed by atoms with Crippen molar-refractivity contribution in [3.05, 3.63) is 21.9 Å². The third kappa shape index (κ3) is 3.30. The third-order valence-corrected chi connectivity index (χ3v) is 4.12. The standard InChI is InChI=1S/C13H21NOS/c1-3-12(15)8-14(11-5-6-11)9-13-7-4-10(2)16-13/h4,7,11-12,15H,3,5-6,8-9H2,1-2H3. The molecule has 1 fully saturated rings. The van der Waals surface area contributed by atoms with E-state index in [2.05, 4.69) is 24.0 Å². The van der Waals surface area contributed by atoms with E-state index in [0.717, 1.165) is 25.6 Å². The highest BCUT2D eigenvalue weighted by molar-refractivity contribution is 7.11. The van der Waals surface area contributed by atoms with Crippen molar-refractivity contribution in [3.8, 4) is 0 Å². The predicted molar refractivity (Wildman–Crippen MR) is 68.8 cm³/mol. The zero-order valence-corrected chi connectivity index (χ0v) is 11.0. The minimum absolute atomic E-state index is 0.165. The molecule has 1 aliphatic carbocycles.